The lowest BCUT2D eigenvalue weighted by atomic mass is 10.1. The Kier molecular flexibility index (Phi) is 14.2. The summed E-state index contributed by atoms with van der Waals surface area (Å²) in [5.74, 6) is -1.49. The van der Waals surface area contributed by atoms with Crippen molar-refractivity contribution in [2.75, 3.05) is 13.2 Å². The summed E-state index contributed by atoms with van der Waals surface area (Å²) in [6, 6.07) is 13.1. The molecular weight excluding hydrogens is 488 g/mol. The summed E-state index contributed by atoms with van der Waals surface area (Å²) in [6.07, 6.45) is 10.4. The van der Waals surface area contributed by atoms with Crippen LogP contribution in [0, 0.1) is 0 Å². The third-order valence-electron chi connectivity index (χ3n) is 5.73. The van der Waals surface area contributed by atoms with Crippen LogP contribution in [0.1, 0.15) is 98.8 Å². The molecule has 0 N–H and O–H groups in total. The van der Waals surface area contributed by atoms with Gasteiger partial charge in [0.1, 0.15) is 22.6 Å². The van der Waals surface area contributed by atoms with Crippen LogP contribution in [0.25, 0.3) is 0 Å². The van der Waals surface area contributed by atoms with Crippen LogP contribution in [-0.4, -0.2) is 37.1 Å². The summed E-state index contributed by atoms with van der Waals surface area (Å²) in [6.45, 7) is 3.26. The molecule has 8 nitrogen and oxygen atoms in total. The fraction of sp³-hybridized carbons (Fsp3) is 0.467. The molecule has 0 saturated carbocycles. The maximum Gasteiger partial charge on any atom is 0.341 e. The third-order valence-corrected chi connectivity index (χ3v) is 5.73. The summed E-state index contributed by atoms with van der Waals surface area (Å²) in [5.41, 5.74) is 0.510. The minimum atomic E-state index is -0.483. The van der Waals surface area contributed by atoms with E-state index in [0.29, 0.717) is 13.2 Å². The number of para-hydroxylation sites is 2. The largest absolute Gasteiger partial charge is 0.462 e. The van der Waals surface area contributed by atoms with Crippen molar-refractivity contribution in [2.45, 2.75) is 78.1 Å². The van der Waals surface area contributed by atoms with Crippen molar-refractivity contribution in [1.29, 1.82) is 0 Å². The Balaban J connectivity index is 1.44. The van der Waals surface area contributed by atoms with Gasteiger partial charge in [-0.2, -0.15) is 0 Å². The molecule has 0 saturated heterocycles. The van der Waals surface area contributed by atoms with Gasteiger partial charge in [-0.3, -0.25) is 9.59 Å². The Morgan fingerprint density at radius 1 is 0.500 bits per heavy atom. The highest BCUT2D eigenvalue weighted by Gasteiger charge is 2.15. The van der Waals surface area contributed by atoms with Crippen LogP contribution in [0.15, 0.2) is 48.5 Å². The highest BCUT2D eigenvalue weighted by molar-refractivity contribution is 5.94. The minimum Gasteiger partial charge on any atom is -0.462 e. The van der Waals surface area contributed by atoms with Gasteiger partial charge in [0.15, 0.2) is 0 Å². The van der Waals surface area contributed by atoms with E-state index < -0.39 is 23.9 Å². The van der Waals surface area contributed by atoms with Crippen LogP contribution < -0.4 is 9.47 Å². The Bertz CT molecular complexity index is 963. The summed E-state index contributed by atoms with van der Waals surface area (Å²) in [7, 11) is 0. The summed E-state index contributed by atoms with van der Waals surface area (Å²) in [4.78, 5) is 46.8. The molecule has 0 atom stereocenters. The Hall–Kier alpha value is -3.68. The number of hydrogen-bond donors (Lipinski definition) is 0. The molecule has 0 spiro atoms. The molecule has 0 aliphatic carbocycles. The molecule has 0 fully saturated rings. The first-order valence-corrected chi connectivity index (χ1v) is 13.3. The lowest BCUT2D eigenvalue weighted by molar-refractivity contribution is -0.132. The molecule has 8 heteroatoms. The minimum absolute atomic E-state index is 0.216. The average molecular weight is 527 g/mol. The molecule has 0 heterocycles. The number of esters is 4. The molecule has 0 aliphatic heterocycles. The van der Waals surface area contributed by atoms with Gasteiger partial charge in [-0.15, -0.1) is 0 Å². The number of unbranched alkanes of at least 4 members (excludes halogenated alkanes) is 9. The molecule has 0 aromatic heterocycles. The molecule has 0 unspecified atom stereocenters. The molecule has 2 rings (SSSR count). The lowest BCUT2D eigenvalue weighted by Gasteiger charge is -2.09. The molecule has 206 valence electrons. The standard InChI is InChI=1S/C30H38O8/c1-23(31)37-27-19-13-11-17-25(27)29(33)35-21-15-9-7-5-3-4-6-8-10-16-22-36-30(34)26-18-12-14-20-28(26)38-24(2)32/h11-14,17-20H,3-10,15-16,21-22H2,1-2H3. The first-order valence-electron chi connectivity index (χ1n) is 13.3. The first kappa shape index (κ1) is 30.5. The number of hydrogen-bond acceptors (Lipinski definition) is 8. The zero-order valence-electron chi connectivity index (χ0n) is 22.4. The first-order chi connectivity index (χ1) is 18.4. The van der Waals surface area contributed by atoms with Gasteiger partial charge < -0.3 is 18.9 Å². The maximum atomic E-state index is 12.2. The molecule has 0 bridgehead atoms. The van der Waals surface area contributed by atoms with Gasteiger partial charge in [0.25, 0.3) is 0 Å². The fourth-order valence-electron chi connectivity index (χ4n) is 3.86. The van der Waals surface area contributed by atoms with Gasteiger partial charge in [-0.05, 0) is 37.1 Å². The van der Waals surface area contributed by atoms with E-state index in [0.717, 1.165) is 64.2 Å². The van der Waals surface area contributed by atoms with Crippen LogP contribution in [-0.2, 0) is 19.1 Å². The number of carbonyl (C=O) groups is 4. The smallest absolute Gasteiger partial charge is 0.341 e. The van der Waals surface area contributed by atoms with Crippen LogP contribution in [0.4, 0.5) is 0 Å². The van der Waals surface area contributed by atoms with Gasteiger partial charge in [0.2, 0.25) is 0 Å². The summed E-state index contributed by atoms with van der Waals surface area (Å²) in [5, 5.41) is 0. The predicted molar refractivity (Wildman–Crippen MR) is 142 cm³/mol. The number of rotatable bonds is 17. The monoisotopic (exact) mass is 526 g/mol. The van der Waals surface area contributed by atoms with Gasteiger partial charge in [-0.25, -0.2) is 9.59 Å². The van der Waals surface area contributed by atoms with Gasteiger partial charge >= 0.3 is 23.9 Å². The lowest BCUT2D eigenvalue weighted by Crippen LogP contribution is -2.11. The van der Waals surface area contributed by atoms with E-state index in [-0.39, 0.29) is 22.6 Å². The topological polar surface area (TPSA) is 105 Å². The van der Waals surface area contributed by atoms with Crippen molar-refractivity contribution in [1.82, 2.24) is 0 Å². The fourth-order valence-corrected chi connectivity index (χ4v) is 3.86. The summed E-state index contributed by atoms with van der Waals surface area (Å²) < 4.78 is 20.7. The van der Waals surface area contributed by atoms with Crippen LogP contribution in [0.5, 0.6) is 11.5 Å². The van der Waals surface area contributed by atoms with E-state index in [1.54, 1.807) is 48.5 Å². The molecule has 38 heavy (non-hydrogen) atoms. The normalized spacial score (nSPS) is 10.5. The predicted octanol–water partition coefficient (Wildman–Crippen LogP) is 6.45. The molecule has 2 aromatic rings. The van der Waals surface area contributed by atoms with Crippen molar-refractivity contribution in [3.05, 3.63) is 59.7 Å². The van der Waals surface area contributed by atoms with Crippen LogP contribution >= 0.6 is 0 Å². The number of ether oxygens (including phenoxy) is 4. The quantitative estimate of drug-likeness (QED) is 0.131. The van der Waals surface area contributed by atoms with Gasteiger partial charge in [0.05, 0.1) is 13.2 Å². The Labute approximate surface area is 224 Å². The van der Waals surface area contributed by atoms with Gasteiger partial charge in [0, 0.05) is 13.8 Å². The van der Waals surface area contributed by atoms with Crippen molar-refractivity contribution in [3.8, 4) is 11.5 Å². The zero-order valence-corrected chi connectivity index (χ0v) is 22.4. The van der Waals surface area contributed by atoms with E-state index in [1.807, 2.05) is 0 Å². The van der Waals surface area contributed by atoms with Crippen molar-refractivity contribution in [3.63, 3.8) is 0 Å². The zero-order chi connectivity index (χ0) is 27.6. The van der Waals surface area contributed by atoms with Crippen molar-refractivity contribution in [2.24, 2.45) is 0 Å². The van der Waals surface area contributed by atoms with E-state index in [1.165, 1.54) is 13.8 Å². The maximum absolute atomic E-state index is 12.2. The summed E-state index contributed by atoms with van der Waals surface area (Å²) >= 11 is 0. The second-order valence-corrected chi connectivity index (χ2v) is 8.99. The Morgan fingerprint density at radius 3 is 1.16 bits per heavy atom. The van der Waals surface area contributed by atoms with Gasteiger partial charge in [-0.1, -0.05) is 75.6 Å². The van der Waals surface area contributed by atoms with Crippen LogP contribution in [0.2, 0.25) is 0 Å². The third kappa shape index (κ3) is 12.0. The molecule has 0 radical (unpaired) electrons. The number of carbonyl (C=O) groups excluding carboxylic acids is 4. The highest BCUT2D eigenvalue weighted by atomic mass is 16.6. The van der Waals surface area contributed by atoms with E-state index in [9.17, 15) is 19.2 Å². The van der Waals surface area contributed by atoms with E-state index in [4.69, 9.17) is 18.9 Å². The molecular formula is C30H38O8. The van der Waals surface area contributed by atoms with E-state index >= 15 is 0 Å². The van der Waals surface area contributed by atoms with E-state index in [2.05, 4.69) is 0 Å². The molecule has 0 aliphatic rings. The number of benzene rings is 2. The van der Waals surface area contributed by atoms with Crippen molar-refractivity contribution < 1.29 is 38.1 Å². The molecule has 2 aromatic carbocycles. The van der Waals surface area contributed by atoms with Crippen molar-refractivity contribution >= 4 is 23.9 Å². The second kappa shape index (κ2) is 17.7. The highest BCUT2D eigenvalue weighted by Crippen LogP contribution is 2.20. The molecule has 0 amide bonds. The SMILES string of the molecule is CC(=O)Oc1ccccc1C(=O)OCCCCCCCCCCCCOC(=O)c1ccccc1OC(C)=O. The average Bonchev–Trinajstić information content (AvgIpc) is 2.88. The Morgan fingerprint density at radius 2 is 0.816 bits per heavy atom. The second-order valence-electron chi connectivity index (χ2n) is 8.99. The van der Waals surface area contributed by atoms with Crippen LogP contribution in [0.3, 0.4) is 0 Å².